The van der Waals surface area contributed by atoms with Gasteiger partial charge in [0.25, 0.3) is 0 Å². The van der Waals surface area contributed by atoms with Crippen LogP contribution in [-0.4, -0.2) is 25.0 Å². The number of nitrogens with two attached hydrogens (primary N) is 2. The van der Waals surface area contributed by atoms with Crippen molar-refractivity contribution in [3.63, 3.8) is 0 Å². The molecule has 1 amide bonds. The highest BCUT2D eigenvalue weighted by atomic mass is 16.5. The van der Waals surface area contributed by atoms with Crippen molar-refractivity contribution >= 4 is 11.9 Å². The number of amides is 1. The van der Waals surface area contributed by atoms with Crippen LogP contribution in [0.3, 0.4) is 0 Å². The summed E-state index contributed by atoms with van der Waals surface area (Å²) in [5.41, 5.74) is 11.1. The van der Waals surface area contributed by atoms with Crippen LogP contribution in [0.2, 0.25) is 0 Å². The lowest BCUT2D eigenvalue weighted by Gasteiger charge is -2.31. The Bertz CT molecular complexity index is 338. The summed E-state index contributed by atoms with van der Waals surface area (Å²) in [5.74, 6) is -0.761. The molecule has 0 heterocycles. The van der Waals surface area contributed by atoms with E-state index in [1.807, 2.05) is 13.0 Å². The summed E-state index contributed by atoms with van der Waals surface area (Å²) in [7, 11) is 1.38. The Balaban J connectivity index is 2.74. The molecule has 0 aromatic rings. The maximum Gasteiger partial charge on any atom is 0.311 e. The molecule has 1 aliphatic rings. The Morgan fingerprint density at radius 2 is 2.19 bits per heavy atom. The summed E-state index contributed by atoms with van der Waals surface area (Å²) in [6.07, 6.45) is 3.61. The minimum absolute atomic E-state index is 0.226. The molecule has 1 aliphatic carbocycles. The van der Waals surface area contributed by atoms with Crippen molar-refractivity contribution in [3.05, 3.63) is 11.6 Å². The van der Waals surface area contributed by atoms with Crippen molar-refractivity contribution in [1.82, 2.24) is 0 Å². The number of esters is 1. The summed E-state index contributed by atoms with van der Waals surface area (Å²) >= 11 is 0. The van der Waals surface area contributed by atoms with Crippen molar-refractivity contribution in [2.24, 2.45) is 16.9 Å². The second-order valence-corrected chi connectivity index (χ2v) is 4.42. The number of rotatable bonds is 3. The predicted octanol–water partition coefficient (Wildman–Crippen LogP) is 0.0886. The first-order chi connectivity index (χ1) is 7.40. The number of primary amides is 1. The number of methoxy groups -OCH3 is 1. The lowest BCUT2D eigenvalue weighted by molar-refractivity contribution is -0.152. The third-order valence-corrected chi connectivity index (χ3v) is 3.16. The molecule has 5 heteroatoms. The third kappa shape index (κ3) is 2.41. The smallest absolute Gasteiger partial charge is 0.311 e. The van der Waals surface area contributed by atoms with Gasteiger partial charge in [-0.05, 0) is 31.8 Å². The van der Waals surface area contributed by atoms with Gasteiger partial charge in [0.05, 0.1) is 12.5 Å². The molecule has 1 rings (SSSR count). The quantitative estimate of drug-likeness (QED) is 0.526. The largest absolute Gasteiger partial charge is 0.469 e. The molecule has 0 saturated heterocycles. The molecule has 16 heavy (non-hydrogen) atoms. The van der Waals surface area contributed by atoms with E-state index in [0.717, 1.165) is 5.57 Å². The van der Waals surface area contributed by atoms with E-state index in [0.29, 0.717) is 19.3 Å². The minimum atomic E-state index is -0.734. The first-order valence-corrected chi connectivity index (χ1v) is 5.23. The molecule has 0 saturated carbocycles. The molecule has 90 valence electrons. The summed E-state index contributed by atoms with van der Waals surface area (Å²) in [5, 5.41) is 0. The van der Waals surface area contributed by atoms with Crippen LogP contribution in [0.5, 0.6) is 0 Å². The van der Waals surface area contributed by atoms with Crippen LogP contribution in [-0.2, 0) is 14.3 Å². The van der Waals surface area contributed by atoms with Gasteiger partial charge < -0.3 is 16.2 Å². The number of hydrogen-bond donors (Lipinski definition) is 2. The highest BCUT2D eigenvalue weighted by Crippen LogP contribution is 2.36. The molecule has 0 aromatic carbocycles. The molecule has 0 fully saturated rings. The molecule has 2 unspecified atom stereocenters. The average Bonchev–Trinajstić information content (AvgIpc) is 2.28. The van der Waals surface area contributed by atoms with Gasteiger partial charge in [-0.3, -0.25) is 9.59 Å². The SMILES string of the molecule is COC(=O)C1(C)CC=C(C(N)C(N)=O)CC1. The van der Waals surface area contributed by atoms with Gasteiger partial charge in [0.15, 0.2) is 0 Å². The molecule has 0 spiro atoms. The Hall–Kier alpha value is -1.36. The van der Waals surface area contributed by atoms with Crippen LogP contribution in [0.15, 0.2) is 11.6 Å². The molecule has 0 aromatic heterocycles. The van der Waals surface area contributed by atoms with Gasteiger partial charge in [-0.15, -0.1) is 0 Å². The van der Waals surface area contributed by atoms with Gasteiger partial charge in [-0.1, -0.05) is 6.08 Å². The predicted molar refractivity (Wildman–Crippen MR) is 59.2 cm³/mol. The average molecular weight is 226 g/mol. The maximum atomic E-state index is 11.5. The van der Waals surface area contributed by atoms with Crippen LogP contribution in [0.4, 0.5) is 0 Å². The van der Waals surface area contributed by atoms with Crippen LogP contribution >= 0.6 is 0 Å². The van der Waals surface area contributed by atoms with E-state index in [2.05, 4.69) is 0 Å². The zero-order valence-corrected chi connectivity index (χ0v) is 9.66. The van der Waals surface area contributed by atoms with Crippen molar-refractivity contribution in [1.29, 1.82) is 0 Å². The van der Waals surface area contributed by atoms with Crippen molar-refractivity contribution in [2.45, 2.75) is 32.2 Å². The van der Waals surface area contributed by atoms with Gasteiger partial charge in [0.2, 0.25) is 5.91 Å². The Morgan fingerprint density at radius 1 is 1.56 bits per heavy atom. The van der Waals surface area contributed by atoms with Crippen molar-refractivity contribution < 1.29 is 14.3 Å². The zero-order valence-electron chi connectivity index (χ0n) is 9.66. The summed E-state index contributed by atoms with van der Waals surface area (Å²) in [4.78, 5) is 22.4. The number of carbonyl (C=O) groups is 2. The lowest BCUT2D eigenvalue weighted by Crippen LogP contribution is -2.40. The third-order valence-electron chi connectivity index (χ3n) is 3.16. The number of allylic oxidation sites excluding steroid dienone is 1. The van der Waals surface area contributed by atoms with Gasteiger partial charge in [0.1, 0.15) is 6.04 Å². The second kappa shape index (κ2) is 4.65. The fourth-order valence-corrected chi connectivity index (χ4v) is 1.88. The maximum absolute atomic E-state index is 11.5. The van der Waals surface area contributed by atoms with Gasteiger partial charge in [-0.2, -0.15) is 0 Å². The highest BCUT2D eigenvalue weighted by Gasteiger charge is 2.36. The minimum Gasteiger partial charge on any atom is -0.469 e. The van der Waals surface area contributed by atoms with E-state index in [4.69, 9.17) is 16.2 Å². The molecule has 0 radical (unpaired) electrons. The number of hydrogen-bond acceptors (Lipinski definition) is 4. The van der Waals surface area contributed by atoms with Crippen LogP contribution in [0.1, 0.15) is 26.2 Å². The fourth-order valence-electron chi connectivity index (χ4n) is 1.88. The first kappa shape index (κ1) is 12.7. The number of carbonyl (C=O) groups excluding carboxylic acids is 2. The first-order valence-electron chi connectivity index (χ1n) is 5.23. The Kier molecular flexibility index (Phi) is 3.70. The van der Waals surface area contributed by atoms with Crippen LogP contribution in [0, 0.1) is 5.41 Å². The lowest BCUT2D eigenvalue weighted by atomic mass is 9.75. The van der Waals surface area contributed by atoms with Crippen molar-refractivity contribution in [2.75, 3.05) is 7.11 Å². The molecule has 5 nitrogen and oxygen atoms in total. The molecule has 2 atom stereocenters. The van der Waals surface area contributed by atoms with E-state index in [9.17, 15) is 9.59 Å². The van der Waals surface area contributed by atoms with E-state index in [-0.39, 0.29) is 5.97 Å². The van der Waals surface area contributed by atoms with E-state index >= 15 is 0 Å². The summed E-state index contributed by atoms with van der Waals surface area (Å²) in [6, 6.07) is -0.734. The summed E-state index contributed by atoms with van der Waals surface area (Å²) in [6.45, 7) is 1.85. The second-order valence-electron chi connectivity index (χ2n) is 4.42. The van der Waals surface area contributed by atoms with E-state index in [1.54, 1.807) is 0 Å². The van der Waals surface area contributed by atoms with E-state index < -0.39 is 17.4 Å². The highest BCUT2D eigenvalue weighted by molar-refractivity contribution is 5.83. The molecular weight excluding hydrogens is 208 g/mol. The zero-order chi connectivity index (χ0) is 12.3. The van der Waals surface area contributed by atoms with Gasteiger partial charge in [-0.25, -0.2) is 0 Å². The monoisotopic (exact) mass is 226 g/mol. The molecular formula is C11H18N2O3. The number of ether oxygens (including phenoxy) is 1. The molecule has 4 N–H and O–H groups in total. The van der Waals surface area contributed by atoms with Crippen LogP contribution < -0.4 is 11.5 Å². The Morgan fingerprint density at radius 3 is 2.56 bits per heavy atom. The summed E-state index contributed by atoms with van der Waals surface area (Å²) < 4.78 is 4.74. The van der Waals surface area contributed by atoms with Gasteiger partial charge >= 0.3 is 5.97 Å². The molecule has 0 aliphatic heterocycles. The molecule has 0 bridgehead atoms. The Labute approximate surface area is 94.8 Å². The standard InChI is InChI=1S/C11H18N2O3/c1-11(10(15)16-2)5-3-7(4-6-11)8(12)9(13)14/h3,8H,4-6,12H2,1-2H3,(H2,13,14). The van der Waals surface area contributed by atoms with Crippen LogP contribution in [0.25, 0.3) is 0 Å². The van der Waals surface area contributed by atoms with Crippen molar-refractivity contribution in [3.8, 4) is 0 Å². The fraction of sp³-hybridized carbons (Fsp3) is 0.636. The van der Waals surface area contributed by atoms with Gasteiger partial charge in [0, 0.05) is 0 Å². The topological polar surface area (TPSA) is 95.4 Å². The van der Waals surface area contributed by atoms with E-state index in [1.165, 1.54) is 7.11 Å². The normalized spacial score (nSPS) is 26.8.